The van der Waals surface area contributed by atoms with E-state index in [1.807, 2.05) is 30.3 Å². The van der Waals surface area contributed by atoms with Crippen molar-refractivity contribution < 1.29 is 9.52 Å². The molecule has 0 radical (unpaired) electrons. The van der Waals surface area contributed by atoms with Crippen molar-refractivity contribution in [3.05, 3.63) is 45.6 Å². The fourth-order valence-corrected chi connectivity index (χ4v) is 2.49. The van der Waals surface area contributed by atoms with Crippen LogP contribution in [0.25, 0.3) is 11.3 Å². The van der Waals surface area contributed by atoms with E-state index < -0.39 is 0 Å². The van der Waals surface area contributed by atoms with Crippen molar-refractivity contribution in [1.82, 2.24) is 5.32 Å². The molecular formula is C14H15BrClNO2. The van der Waals surface area contributed by atoms with Gasteiger partial charge in [-0.05, 0) is 43.3 Å². The molecule has 0 atom stereocenters. The lowest BCUT2D eigenvalue weighted by Gasteiger charge is -2.02. The topological polar surface area (TPSA) is 45.4 Å². The molecule has 2 rings (SSSR count). The van der Waals surface area contributed by atoms with Gasteiger partial charge in [-0.25, -0.2) is 0 Å². The lowest BCUT2D eigenvalue weighted by atomic mass is 10.2. The molecule has 0 aliphatic heterocycles. The molecule has 1 aromatic carbocycles. The van der Waals surface area contributed by atoms with Crippen molar-refractivity contribution in [1.29, 1.82) is 0 Å². The highest BCUT2D eigenvalue weighted by atomic mass is 79.9. The predicted molar refractivity (Wildman–Crippen MR) is 80.3 cm³/mol. The van der Waals surface area contributed by atoms with Crippen LogP contribution in [0.15, 0.2) is 39.2 Å². The van der Waals surface area contributed by atoms with Crippen LogP contribution in [-0.4, -0.2) is 18.3 Å². The van der Waals surface area contributed by atoms with Gasteiger partial charge in [0.1, 0.15) is 11.5 Å². The van der Waals surface area contributed by atoms with Gasteiger partial charge in [-0.15, -0.1) is 0 Å². The zero-order chi connectivity index (χ0) is 13.7. The van der Waals surface area contributed by atoms with E-state index in [0.717, 1.165) is 34.5 Å². The van der Waals surface area contributed by atoms with Crippen LogP contribution in [0.3, 0.4) is 0 Å². The van der Waals surface area contributed by atoms with Crippen molar-refractivity contribution in [2.75, 3.05) is 13.2 Å². The Morgan fingerprint density at radius 1 is 1.26 bits per heavy atom. The Kier molecular flexibility index (Phi) is 5.45. The number of aliphatic hydroxyl groups is 1. The van der Waals surface area contributed by atoms with Gasteiger partial charge in [0.2, 0.25) is 0 Å². The van der Waals surface area contributed by atoms with Crippen molar-refractivity contribution >= 4 is 27.5 Å². The summed E-state index contributed by atoms with van der Waals surface area (Å²) in [5, 5.41) is 12.5. The lowest BCUT2D eigenvalue weighted by Crippen LogP contribution is -2.15. The fourth-order valence-electron chi connectivity index (χ4n) is 1.72. The zero-order valence-corrected chi connectivity index (χ0v) is 12.7. The van der Waals surface area contributed by atoms with Gasteiger partial charge in [0.25, 0.3) is 0 Å². The summed E-state index contributed by atoms with van der Waals surface area (Å²) >= 11 is 9.56. The summed E-state index contributed by atoms with van der Waals surface area (Å²) in [6.45, 7) is 1.62. The number of benzene rings is 1. The van der Waals surface area contributed by atoms with Gasteiger partial charge in [0, 0.05) is 16.6 Å². The minimum absolute atomic E-state index is 0.199. The Labute approximate surface area is 125 Å². The maximum Gasteiger partial charge on any atom is 0.135 e. The van der Waals surface area contributed by atoms with Crippen LogP contribution in [0.2, 0.25) is 5.02 Å². The van der Waals surface area contributed by atoms with Crippen molar-refractivity contribution in [3.63, 3.8) is 0 Å². The molecule has 0 aliphatic rings. The Balaban J connectivity index is 2.04. The second-order valence-corrected chi connectivity index (χ2v) is 5.47. The molecule has 2 N–H and O–H groups in total. The third-order valence-electron chi connectivity index (χ3n) is 2.67. The number of hydrogen-bond donors (Lipinski definition) is 2. The van der Waals surface area contributed by atoms with E-state index in [0.29, 0.717) is 11.6 Å². The first-order chi connectivity index (χ1) is 9.20. The first-order valence-electron chi connectivity index (χ1n) is 6.06. The summed E-state index contributed by atoms with van der Waals surface area (Å²) in [6, 6.07) is 9.55. The number of rotatable bonds is 6. The normalized spacial score (nSPS) is 10.9. The van der Waals surface area contributed by atoms with E-state index in [1.54, 1.807) is 0 Å². The monoisotopic (exact) mass is 343 g/mol. The fraction of sp³-hybridized carbons (Fsp3) is 0.286. The van der Waals surface area contributed by atoms with Gasteiger partial charge < -0.3 is 14.8 Å². The number of halogens is 2. The van der Waals surface area contributed by atoms with Crippen LogP contribution in [-0.2, 0) is 6.54 Å². The minimum atomic E-state index is 0.199. The van der Waals surface area contributed by atoms with E-state index in [-0.39, 0.29) is 6.61 Å². The molecule has 0 amide bonds. The maximum atomic E-state index is 8.69. The standard InChI is InChI=1S/C14H15BrClNO2/c15-10-2-4-12(13(16)8-10)14-5-3-11(19-14)9-17-6-1-7-18/h2-5,8,17-18H,1,6-7,9H2. The third kappa shape index (κ3) is 4.08. The lowest BCUT2D eigenvalue weighted by molar-refractivity contribution is 0.285. The van der Waals surface area contributed by atoms with E-state index in [4.69, 9.17) is 21.1 Å². The highest BCUT2D eigenvalue weighted by molar-refractivity contribution is 9.10. The summed E-state index contributed by atoms with van der Waals surface area (Å²) in [7, 11) is 0. The Bertz CT molecular complexity index is 542. The summed E-state index contributed by atoms with van der Waals surface area (Å²) in [5.74, 6) is 1.61. The molecule has 0 saturated heterocycles. The van der Waals surface area contributed by atoms with Gasteiger partial charge >= 0.3 is 0 Å². The Morgan fingerprint density at radius 3 is 2.84 bits per heavy atom. The maximum absolute atomic E-state index is 8.69. The predicted octanol–water partition coefficient (Wildman–Crippen LogP) is 3.83. The van der Waals surface area contributed by atoms with E-state index in [1.165, 1.54) is 0 Å². The van der Waals surface area contributed by atoms with E-state index >= 15 is 0 Å². The van der Waals surface area contributed by atoms with Crippen molar-refractivity contribution in [2.24, 2.45) is 0 Å². The Morgan fingerprint density at radius 2 is 2.11 bits per heavy atom. The van der Waals surface area contributed by atoms with Crippen LogP contribution in [0.5, 0.6) is 0 Å². The van der Waals surface area contributed by atoms with Gasteiger partial charge in [0.05, 0.1) is 11.6 Å². The highest BCUT2D eigenvalue weighted by Crippen LogP contribution is 2.31. The van der Waals surface area contributed by atoms with Gasteiger partial charge in [-0.3, -0.25) is 0 Å². The molecule has 0 bridgehead atoms. The second kappa shape index (κ2) is 7.10. The van der Waals surface area contributed by atoms with Crippen LogP contribution >= 0.6 is 27.5 Å². The van der Waals surface area contributed by atoms with Crippen LogP contribution in [0, 0.1) is 0 Å². The van der Waals surface area contributed by atoms with Gasteiger partial charge in [-0.1, -0.05) is 27.5 Å². The zero-order valence-electron chi connectivity index (χ0n) is 10.3. The molecule has 0 fully saturated rings. The molecule has 3 nitrogen and oxygen atoms in total. The molecule has 19 heavy (non-hydrogen) atoms. The number of hydrogen-bond acceptors (Lipinski definition) is 3. The van der Waals surface area contributed by atoms with Crippen LogP contribution in [0.4, 0.5) is 0 Å². The molecule has 1 aromatic heterocycles. The molecule has 0 saturated carbocycles. The number of aliphatic hydroxyl groups excluding tert-OH is 1. The van der Waals surface area contributed by atoms with Gasteiger partial charge in [-0.2, -0.15) is 0 Å². The average molecular weight is 345 g/mol. The largest absolute Gasteiger partial charge is 0.460 e. The smallest absolute Gasteiger partial charge is 0.135 e. The molecule has 2 aromatic rings. The summed E-state index contributed by atoms with van der Waals surface area (Å²) in [4.78, 5) is 0. The molecule has 0 spiro atoms. The first-order valence-corrected chi connectivity index (χ1v) is 7.23. The first kappa shape index (κ1) is 14.6. The van der Waals surface area contributed by atoms with Crippen molar-refractivity contribution in [3.8, 4) is 11.3 Å². The van der Waals surface area contributed by atoms with Crippen molar-refractivity contribution in [2.45, 2.75) is 13.0 Å². The number of nitrogens with one attached hydrogen (secondary N) is 1. The van der Waals surface area contributed by atoms with Gasteiger partial charge in [0.15, 0.2) is 0 Å². The summed E-state index contributed by atoms with van der Waals surface area (Å²) in [5.41, 5.74) is 0.881. The van der Waals surface area contributed by atoms with E-state index in [2.05, 4.69) is 21.2 Å². The molecule has 0 unspecified atom stereocenters. The SMILES string of the molecule is OCCCNCc1ccc(-c2ccc(Br)cc2Cl)o1. The van der Waals surface area contributed by atoms with E-state index in [9.17, 15) is 0 Å². The number of furan rings is 1. The average Bonchev–Trinajstić information content (AvgIpc) is 2.83. The molecule has 102 valence electrons. The Hall–Kier alpha value is -0.810. The molecule has 1 heterocycles. The molecular weight excluding hydrogens is 330 g/mol. The van der Waals surface area contributed by atoms with Crippen LogP contribution < -0.4 is 5.32 Å². The summed E-state index contributed by atoms with van der Waals surface area (Å²) in [6.07, 6.45) is 0.742. The van der Waals surface area contributed by atoms with Crippen LogP contribution in [0.1, 0.15) is 12.2 Å². The third-order valence-corrected chi connectivity index (χ3v) is 3.48. The highest BCUT2D eigenvalue weighted by Gasteiger charge is 2.08. The molecule has 0 aliphatic carbocycles. The second-order valence-electron chi connectivity index (χ2n) is 4.14. The quantitative estimate of drug-likeness (QED) is 0.783. The molecule has 5 heteroatoms. The summed E-state index contributed by atoms with van der Waals surface area (Å²) < 4.78 is 6.69. The minimum Gasteiger partial charge on any atom is -0.460 e.